The van der Waals surface area contributed by atoms with Crippen LogP contribution in [0.5, 0.6) is 0 Å². The summed E-state index contributed by atoms with van der Waals surface area (Å²) in [7, 11) is 1.96. The van der Waals surface area contributed by atoms with E-state index >= 15 is 0 Å². The van der Waals surface area contributed by atoms with Crippen molar-refractivity contribution in [2.45, 2.75) is 19.5 Å². The molecule has 16 heavy (non-hydrogen) atoms. The summed E-state index contributed by atoms with van der Waals surface area (Å²) in [6.07, 6.45) is 0. The Morgan fingerprint density at radius 3 is 2.81 bits per heavy atom. The fourth-order valence-electron chi connectivity index (χ4n) is 1.42. The quantitative estimate of drug-likeness (QED) is 0.508. The van der Waals surface area contributed by atoms with Gasteiger partial charge in [-0.15, -0.1) is 0 Å². The Hall–Kier alpha value is -1.39. The smallest absolute Gasteiger partial charge is 0.122 e. The van der Waals surface area contributed by atoms with Crippen LogP contribution in [-0.4, -0.2) is 35.5 Å². The van der Waals surface area contributed by atoms with Gasteiger partial charge in [0, 0.05) is 18.2 Å². The number of aliphatic hydroxyl groups excluding tert-OH is 1. The second-order valence-corrected chi connectivity index (χ2v) is 4.06. The molecule has 0 aliphatic carbocycles. The molecule has 0 heterocycles. The van der Waals surface area contributed by atoms with Gasteiger partial charge < -0.3 is 10.8 Å². The van der Waals surface area contributed by atoms with Gasteiger partial charge in [0.15, 0.2) is 0 Å². The Morgan fingerprint density at radius 1 is 1.56 bits per heavy atom. The van der Waals surface area contributed by atoms with Gasteiger partial charge >= 0.3 is 0 Å². The van der Waals surface area contributed by atoms with Gasteiger partial charge in [0.25, 0.3) is 0 Å². The number of rotatable bonds is 5. The summed E-state index contributed by atoms with van der Waals surface area (Å²) in [6, 6.07) is 7.74. The van der Waals surface area contributed by atoms with Gasteiger partial charge in [-0.2, -0.15) is 0 Å². The lowest BCUT2D eigenvalue weighted by molar-refractivity contribution is 0.154. The van der Waals surface area contributed by atoms with Crippen molar-refractivity contribution in [3.8, 4) is 0 Å². The molecule has 0 aromatic heterocycles. The lowest BCUT2D eigenvalue weighted by atomic mass is 10.1. The zero-order chi connectivity index (χ0) is 12.1. The van der Waals surface area contributed by atoms with Crippen molar-refractivity contribution >= 4 is 5.84 Å². The van der Waals surface area contributed by atoms with E-state index in [1.165, 1.54) is 0 Å². The average molecular weight is 221 g/mol. The van der Waals surface area contributed by atoms with Crippen molar-refractivity contribution in [1.82, 2.24) is 4.90 Å². The summed E-state index contributed by atoms with van der Waals surface area (Å²) in [5, 5.41) is 16.4. The van der Waals surface area contributed by atoms with Crippen LogP contribution < -0.4 is 5.73 Å². The minimum Gasteiger partial charge on any atom is -0.395 e. The van der Waals surface area contributed by atoms with E-state index in [-0.39, 0.29) is 18.5 Å². The van der Waals surface area contributed by atoms with Gasteiger partial charge in [-0.3, -0.25) is 10.3 Å². The third kappa shape index (κ3) is 3.32. The first-order valence-electron chi connectivity index (χ1n) is 5.29. The molecule has 4 nitrogen and oxygen atoms in total. The number of nitrogens with zero attached hydrogens (tertiary/aromatic N) is 1. The number of nitrogen functional groups attached to an aromatic ring is 1. The van der Waals surface area contributed by atoms with Crippen LogP contribution >= 0.6 is 0 Å². The predicted molar refractivity (Wildman–Crippen MR) is 65.5 cm³/mol. The number of aliphatic hydroxyl groups is 1. The molecule has 0 fully saturated rings. The molecule has 0 saturated carbocycles. The van der Waals surface area contributed by atoms with E-state index in [0.717, 1.165) is 17.7 Å². The first kappa shape index (κ1) is 12.7. The molecule has 0 aliphatic rings. The SMILES string of the molecule is CC(CO)N(C)Cc1cccc(C(=N)N)c1. The molecule has 1 aromatic carbocycles. The summed E-state index contributed by atoms with van der Waals surface area (Å²) in [5.41, 5.74) is 7.26. The third-order valence-corrected chi connectivity index (χ3v) is 2.69. The van der Waals surface area contributed by atoms with Crippen LogP contribution in [0, 0.1) is 5.41 Å². The number of hydrogen-bond acceptors (Lipinski definition) is 3. The molecule has 1 rings (SSSR count). The first-order valence-corrected chi connectivity index (χ1v) is 5.29. The van der Waals surface area contributed by atoms with Gasteiger partial charge in [-0.25, -0.2) is 0 Å². The lowest BCUT2D eigenvalue weighted by Crippen LogP contribution is -2.31. The van der Waals surface area contributed by atoms with Crippen molar-refractivity contribution < 1.29 is 5.11 Å². The van der Waals surface area contributed by atoms with E-state index in [4.69, 9.17) is 16.2 Å². The summed E-state index contributed by atoms with van der Waals surface area (Å²) in [6.45, 7) is 2.85. The van der Waals surface area contributed by atoms with Crippen LogP contribution in [0.4, 0.5) is 0 Å². The summed E-state index contributed by atoms with van der Waals surface area (Å²) < 4.78 is 0. The monoisotopic (exact) mass is 221 g/mol. The molecule has 88 valence electrons. The number of hydrogen-bond donors (Lipinski definition) is 3. The molecule has 0 spiro atoms. The minimum atomic E-state index is 0.0831. The van der Waals surface area contributed by atoms with Gasteiger partial charge in [0.2, 0.25) is 0 Å². The van der Waals surface area contributed by atoms with Crippen molar-refractivity contribution in [3.63, 3.8) is 0 Å². The van der Waals surface area contributed by atoms with Gasteiger partial charge in [0.05, 0.1) is 6.61 Å². The molecule has 4 N–H and O–H groups in total. The van der Waals surface area contributed by atoms with Gasteiger partial charge in [0.1, 0.15) is 5.84 Å². The Bertz CT molecular complexity index is 365. The third-order valence-electron chi connectivity index (χ3n) is 2.69. The molecule has 0 aliphatic heterocycles. The van der Waals surface area contributed by atoms with Crippen LogP contribution in [0.3, 0.4) is 0 Å². The summed E-state index contributed by atoms with van der Waals surface area (Å²) in [4.78, 5) is 2.05. The zero-order valence-corrected chi connectivity index (χ0v) is 9.77. The Balaban J connectivity index is 2.74. The maximum atomic E-state index is 9.03. The number of likely N-dealkylation sites (N-methyl/N-ethyl adjacent to an activating group) is 1. The number of nitrogens with two attached hydrogens (primary N) is 1. The highest BCUT2D eigenvalue weighted by molar-refractivity contribution is 5.95. The largest absolute Gasteiger partial charge is 0.395 e. The first-order chi connectivity index (χ1) is 7.54. The molecule has 0 bridgehead atoms. The second-order valence-electron chi connectivity index (χ2n) is 4.06. The Kier molecular flexibility index (Phi) is 4.46. The normalized spacial score (nSPS) is 12.8. The standard InChI is InChI=1S/C12H19N3O/c1-9(8-16)15(2)7-10-4-3-5-11(6-10)12(13)14/h3-6,9,16H,7-8H2,1-2H3,(H3,13,14). The average Bonchev–Trinajstić information content (AvgIpc) is 2.28. The maximum Gasteiger partial charge on any atom is 0.122 e. The van der Waals surface area contributed by atoms with Crippen LogP contribution in [0.25, 0.3) is 0 Å². The molecular formula is C12H19N3O. The molecule has 0 amide bonds. The second kappa shape index (κ2) is 5.63. The van der Waals surface area contributed by atoms with Crippen LogP contribution in [-0.2, 0) is 6.54 Å². The zero-order valence-electron chi connectivity index (χ0n) is 9.77. The molecule has 0 saturated heterocycles. The van der Waals surface area contributed by atoms with Crippen LogP contribution in [0.2, 0.25) is 0 Å². The number of benzene rings is 1. The highest BCUT2D eigenvalue weighted by Crippen LogP contribution is 2.08. The predicted octanol–water partition coefficient (Wildman–Crippen LogP) is 0.783. The molecular weight excluding hydrogens is 202 g/mol. The van der Waals surface area contributed by atoms with Crippen molar-refractivity contribution in [2.75, 3.05) is 13.7 Å². The molecule has 4 heteroatoms. The Labute approximate surface area is 96.2 Å². The van der Waals surface area contributed by atoms with Gasteiger partial charge in [-0.05, 0) is 25.6 Å². The highest BCUT2D eigenvalue weighted by Gasteiger charge is 2.08. The van der Waals surface area contributed by atoms with E-state index in [1.807, 2.05) is 38.2 Å². The van der Waals surface area contributed by atoms with E-state index in [9.17, 15) is 0 Å². The topological polar surface area (TPSA) is 73.3 Å². The lowest BCUT2D eigenvalue weighted by Gasteiger charge is -2.22. The van der Waals surface area contributed by atoms with Gasteiger partial charge in [-0.1, -0.05) is 18.2 Å². The van der Waals surface area contributed by atoms with Crippen LogP contribution in [0.15, 0.2) is 24.3 Å². The fraction of sp³-hybridized carbons (Fsp3) is 0.417. The summed E-state index contributed by atoms with van der Waals surface area (Å²) in [5.74, 6) is 0.0831. The highest BCUT2D eigenvalue weighted by atomic mass is 16.3. The van der Waals surface area contributed by atoms with Crippen LogP contribution in [0.1, 0.15) is 18.1 Å². The van der Waals surface area contributed by atoms with E-state index in [2.05, 4.69) is 4.90 Å². The number of nitrogens with one attached hydrogen (secondary N) is 1. The van der Waals surface area contributed by atoms with E-state index in [0.29, 0.717) is 0 Å². The number of amidine groups is 1. The summed E-state index contributed by atoms with van der Waals surface area (Å²) >= 11 is 0. The molecule has 1 atom stereocenters. The Morgan fingerprint density at radius 2 is 2.25 bits per heavy atom. The molecule has 1 unspecified atom stereocenters. The molecule has 1 aromatic rings. The van der Waals surface area contributed by atoms with Crippen molar-refractivity contribution in [2.24, 2.45) is 5.73 Å². The van der Waals surface area contributed by atoms with E-state index < -0.39 is 0 Å². The van der Waals surface area contributed by atoms with Crippen molar-refractivity contribution in [3.05, 3.63) is 35.4 Å². The van der Waals surface area contributed by atoms with Crippen molar-refractivity contribution in [1.29, 1.82) is 5.41 Å². The van der Waals surface area contributed by atoms with E-state index in [1.54, 1.807) is 0 Å². The maximum absolute atomic E-state index is 9.03. The fourth-order valence-corrected chi connectivity index (χ4v) is 1.42. The minimum absolute atomic E-state index is 0.0831. The molecule has 0 radical (unpaired) electrons.